The van der Waals surface area contributed by atoms with E-state index in [1.54, 1.807) is 0 Å². The first kappa shape index (κ1) is 37.7. The lowest BCUT2D eigenvalue weighted by atomic mass is 9.45. The van der Waals surface area contributed by atoms with Crippen molar-refractivity contribution in [2.75, 3.05) is 13.2 Å². The Balaban J connectivity index is 1.38. The first-order valence-electron chi connectivity index (χ1n) is 18.3. The summed E-state index contributed by atoms with van der Waals surface area (Å²) in [5, 5.41) is 55.2. The molecule has 0 radical (unpaired) electrons. The molecule has 1 aliphatic heterocycles. The van der Waals surface area contributed by atoms with Crippen LogP contribution < -0.4 is 0 Å². The molecule has 3 unspecified atom stereocenters. The van der Waals surface area contributed by atoms with Crippen LogP contribution in [0.5, 0.6) is 0 Å². The van der Waals surface area contributed by atoms with E-state index in [1.807, 2.05) is 6.08 Å². The fraction of sp³-hybridized carbons (Fsp3) is 0.892. The Kier molecular flexibility index (Phi) is 11.7. The zero-order valence-electron chi connectivity index (χ0n) is 29.6. The molecule has 1 heterocycles. The number of carbonyl (C=O) groups is 2. The van der Waals surface area contributed by atoms with Gasteiger partial charge in [-0.2, -0.15) is 0 Å². The highest BCUT2D eigenvalue weighted by Gasteiger charge is 2.65. The van der Waals surface area contributed by atoms with Crippen LogP contribution >= 0.6 is 0 Å². The second kappa shape index (κ2) is 14.9. The predicted molar refractivity (Wildman–Crippen MR) is 175 cm³/mol. The molecule has 5 N–H and O–H groups in total. The smallest absolute Gasteiger partial charge is 0.302 e. The summed E-state index contributed by atoms with van der Waals surface area (Å²) in [5.74, 6) is 0.423. The lowest BCUT2D eigenvalue weighted by Gasteiger charge is -2.62. The Morgan fingerprint density at radius 3 is 2.33 bits per heavy atom. The zero-order valence-corrected chi connectivity index (χ0v) is 29.6. The standard InChI is InChI=1S/C37H60O11/c1-19(17-45-21(3)38)8-7-9-20(2)25-10-11-26-31-27(16-30(41)37(25,26)6)36(5)13-12-24(40)14-23(36)15-28(31)47-35-34(44)33(43)32(42)29(48-35)18-46-22(4)39/h14,19-20,24-35,40-44H,7-13,15-18H2,1-6H3/t19-,20-,24-,25-,26?,27?,28-,29-,30+,31?,32+,33+,34-,35-,36+,37-/m1/s1. The zero-order chi connectivity index (χ0) is 35.1. The van der Waals surface area contributed by atoms with Gasteiger partial charge in [0.2, 0.25) is 0 Å². The van der Waals surface area contributed by atoms with E-state index in [2.05, 4.69) is 27.7 Å². The molecule has 4 aliphatic carbocycles. The monoisotopic (exact) mass is 680 g/mol. The van der Waals surface area contributed by atoms with Gasteiger partial charge in [0.1, 0.15) is 31.0 Å². The van der Waals surface area contributed by atoms with Crippen LogP contribution in [0.1, 0.15) is 99.3 Å². The maximum Gasteiger partial charge on any atom is 0.302 e. The van der Waals surface area contributed by atoms with Crippen molar-refractivity contribution in [1.82, 2.24) is 0 Å². The highest BCUT2D eigenvalue weighted by molar-refractivity contribution is 5.66. The number of hydrogen-bond acceptors (Lipinski definition) is 11. The van der Waals surface area contributed by atoms with Crippen molar-refractivity contribution in [3.8, 4) is 0 Å². The average Bonchev–Trinajstić information content (AvgIpc) is 3.39. The van der Waals surface area contributed by atoms with Crippen molar-refractivity contribution in [1.29, 1.82) is 0 Å². The number of hydrogen-bond donors (Lipinski definition) is 5. The van der Waals surface area contributed by atoms with Crippen molar-refractivity contribution >= 4 is 11.9 Å². The van der Waals surface area contributed by atoms with E-state index in [0.29, 0.717) is 37.7 Å². The summed E-state index contributed by atoms with van der Waals surface area (Å²) in [6.07, 6.45) is 1.10. The van der Waals surface area contributed by atoms with Crippen molar-refractivity contribution < 1.29 is 54.1 Å². The molecule has 5 rings (SSSR count). The van der Waals surface area contributed by atoms with Gasteiger partial charge in [-0.25, -0.2) is 0 Å². The van der Waals surface area contributed by atoms with Gasteiger partial charge >= 0.3 is 11.9 Å². The molecular formula is C37H60O11. The Morgan fingerprint density at radius 1 is 0.938 bits per heavy atom. The number of ether oxygens (including phenoxy) is 4. The summed E-state index contributed by atoms with van der Waals surface area (Å²) in [6, 6.07) is 0. The van der Waals surface area contributed by atoms with E-state index in [1.165, 1.54) is 13.8 Å². The molecular weight excluding hydrogens is 620 g/mol. The van der Waals surface area contributed by atoms with E-state index in [9.17, 15) is 35.1 Å². The van der Waals surface area contributed by atoms with Crippen LogP contribution in [0, 0.1) is 46.3 Å². The molecule has 4 fully saturated rings. The third kappa shape index (κ3) is 7.25. The Morgan fingerprint density at radius 2 is 1.65 bits per heavy atom. The topological polar surface area (TPSA) is 172 Å². The van der Waals surface area contributed by atoms with E-state index in [0.717, 1.165) is 44.1 Å². The molecule has 0 amide bonds. The fourth-order valence-electron chi connectivity index (χ4n) is 10.6. The maximum atomic E-state index is 12.1. The Bertz CT molecular complexity index is 1180. The second-order valence-electron chi connectivity index (χ2n) is 16.3. The molecule has 0 spiro atoms. The first-order chi connectivity index (χ1) is 22.6. The molecule has 0 aromatic carbocycles. The summed E-state index contributed by atoms with van der Waals surface area (Å²) in [7, 11) is 0. The van der Waals surface area contributed by atoms with Gasteiger partial charge < -0.3 is 44.5 Å². The van der Waals surface area contributed by atoms with E-state index < -0.39 is 55.0 Å². The number of fused-ring (bicyclic) bond motifs is 5. The van der Waals surface area contributed by atoms with Gasteiger partial charge in [-0.15, -0.1) is 0 Å². The Labute approximate surface area is 285 Å². The fourth-order valence-corrected chi connectivity index (χ4v) is 10.6. The molecule has 16 atom stereocenters. The minimum atomic E-state index is -1.56. The van der Waals surface area contributed by atoms with Crippen molar-refractivity contribution in [3.63, 3.8) is 0 Å². The summed E-state index contributed by atoms with van der Waals surface area (Å²) in [5.41, 5.74) is 0.529. The van der Waals surface area contributed by atoms with Crippen molar-refractivity contribution in [2.24, 2.45) is 46.3 Å². The lowest BCUT2D eigenvalue weighted by Crippen LogP contribution is -2.63. The maximum absolute atomic E-state index is 12.1. The number of carbonyl (C=O) groups excluding carboxylic acids is 2. The summed E-state index contributed by atoms with van der Waals surface area (Å²) >= 11 is 0. The number of aliphatic hydroxyl groups excluding tert-OH is 5. The largest absolute Gasteiger partial charge is 0.466 e. The van der Waals surface area contributed by atoms with Gasteiger partial charge in [0.15, 0.2) is 6.29 Å². The summed E-state index contributed by atoms with van der Waals surface area (Å²) < 4.78 is 23.0. The second-order valence-corrected chi connectivity index (χ2v) is 16.3. The first-order valence-corrected chi connectivity index (χ1v) is 18.3. The number of rotatable bonds is 11. The van der Waals surface area contributed by atoms with E-state index in [-0.39, 0.29) is 47.1 Å². The van der Waals surface area contributed by atoms with Gasteiger partial charge in [-0.1, -0.05) is 52.2 Å². The quantitative estimate of drug-likeness (QED) is 0.160. The van der Waals surface area contributed by atoms with Crippen molar-refractivity contribution in [2.45, 2.75) is 148 Å². The molecule has 0 bridgehead atoms. The normalized spacial score (nSPS) is 45.2. The van der Waals surface area contributed by atoms with E-state index >= 15 is 0 Å². The third-order valence-corrected chi connectivity index (χ3v) is 13.3. The molecule has 1 saturated heterocycles. The van der Waals surface area contributed by atoms with Crippen LogP contribution in [0.3, 0.4) is 0 Å². The summed E-state index contributed by atoms with van der Waals surface area (Å²) in [4.78, 5) is 22.7. The van der Waals surface area contributed by atoms with Crippen LogP contribution in [0.4, 0.5) is 0 Å². The highest BCUT2D eigenvalue weighted by atomic mass is 16.7. The number of esters is 2. The summed E-state index contributed by atoms with van der Waals surface area (Å²) in [6.45, 7) is 11.8. The minimum Gasteiger partial charge on any atom is -0.466 e. The van der Waals surface area contributed by atoms with Crippen LogP contribution in [0.15, 0.2) is 11.6 Å². The van der Waals surface area contributed by atoms with E-state index in [4.69, 9.17) is 18.9 Å². The molecule has 11 heteroatoms. The molecule has 3 saturated carbocycles. The molecule has 48 heavy (non-hydrogen) atoms. The number of aliphatic hydroxyl groups is 5. The van der Waals surface area contributed by atoms with Gasteiger partial charge in [-0.05, 0) is 91.3 Å². The average molecular weight is 681 g/mol. The SMILES string of the molecule is CC(=O)OC[C@H](C)CCC[C@@H](C)[C@H]1CCC2C3C(C[C@H](O)[C@@]21C)[C@@]1(C)CC[C@@H](O)C=C1C[C@H]3O[C@@H]1O[C@H](COC(C)=O)[C@H](O)[C@H](O)[C@H]1O. The van der Waals surface area contributed by atoms with Crippen LogP contribution in [-0.4, -0.2) is 99.7 Å². The third-order valence-electron chi connectivity index (χ3n) is 13.3. The van der Waals surface area contributed by atoms with Crippen LogP contribution in [0.25, 0.3) is 0 Å². The van der Waals surface area contributed by atoms with Crippen molar-refractivity contribution in [3.05, 3.63) is 11.6 Å². The van der Waals surface area contributed by atoms with Gasteiger partial charge in [0.05, 0.1) is 24.9 Å². The van der Waals surface area contributed by atoms with Crippen LogP contribution in [0.2, 0.25) is 0 Å². The molecule has 0 aromatic rings. The molecule has 11 nitrogen and oxygen atoms in total. The molecule has 5 aliphatic rings. The van der Waals surface area contributed by atoms with Gasteiger partial charge in [0.25, 0.3) is 0 Å². The Hall–Kier alpha value is -1.60. The van der Waals surface area contributed by atoms with Gasteiger partial charge in [-0.3, -0.25) is 9.59 Å². The predicted octanol–water partition coefficient (Wildman–Crippen LogP) is 3.27. The molecule has 0 aromatic heterocycles. The van der Waals surface area contributed by atoms with Crippen LogP contribution in [-0.2, 0) is 28.5 Å². The lowest BCUT2D eigenvalue weighted by molar-refractivity contribution is -0.324. The highest BCUT2D eigenvalue weighted by Crippen LogP contribution is 2.68. The molecule has 274 valence electrons. The van der Waals surface area contributed by atoms with Gasteiger partial charge in [0, 0.05) is 13.8 Å². The minimum absolute atomic E-state index is 0.0310.